The standard InChI is InChI=1S/C22H26N2O/c25-22(15-18-13-19-11-12-20(14-18)23-19)24(21-9-5-2-6-10-21)16-17-7-3-1-4-8-17/h1-10,18-20,23H,11-16H2. The fourth-order valence-corrected chi connectivity index (χ4v) is 4.40. The molecule has 1 amide bonds. The number of nitrogens with zero attached hydrogens (tertiary/aromatic N) is 1. The number of hydrogen-bond acceptors (Lipinski definition) is 2. The van der Waals surface area contributed by atoms with Crippen LogP contribution in [0.3, 0.4) is 0 Å². The molecule has 2 fully saturated rings. The van der Waals surface area contributed by atoms with Gasteiger partial charge in [-0.15, -0.1) is 0 Å². The van der Waals surface area contributed by atoms with E-state index < -0.39 is 0 Å². The molecule has 1 N–H and O–H groups in total. The first-order valence-corrected chi connectivity index (χ1v) is 9.43. The minimum Gasteiger partial charge on any atom is -0.311 e. The average Bonchev–Trinajstić information content (AvgIpc) is 2.99. The number of piperidine rings is 1. The Labute approximate surface area is 150 Å². The molecule has 2 aliphatic rings. The molecular formula is C22H26N2O. The smallest absolute Gasteiger partial charge is 0.227 e. The quantitative estimate of drug-likeness (QED) is 0.891. The minimum atomic E-state index is 0.251. The summed E-state index contributed by atoms with van der Waals surface area (Å²) in [6.07, 6.45) is 5.52. The van der Waals surface area contributed by atoms with Gasteiger partial charge in [0.05, 0.1) is 6.54 Å². The Hall–Kier alpha value is -2.13. The third kappa shape index (κ3) is 3.93. The molecule has 2 atom stereocenters. The van der Waals surface area contributed by atoms with Gasteiger partial charge in [0.25, 0.3) is 0 Å². The number of amides is 1. The van der Waals surface area contributed by atoms with Crippen molar-refractivity contribution in [2.45, 2.75) is 50.7 Å². The molecule has 2 aromatic carbocycles. The number of rotatable bonds is 5. The fraction of sp³-hybridized carbons (Fsp3) is 0.409. The van der Waals surface area contributed by atoms with Gasteiger partial charge in [-0.1, -0.05) is 48.5 Å². The first-order valence-electron chi connectivity index (χ1n) is 9.43. The van der Waals surface area contributed by atoms with Crippen molar-refractivity contribution in [2.24, 2.45) is 5.92 Å². The van der Waals surface area contributed by atoms with Crippen molar-refractivity contribution in [3.63, 3.8) is 0 Å². The highest BCUT2D eigenvalue weighted by Gasteiger charge is 2.35. The van der Waals surface area contributed by atoms with Crippen LogP contribution in [0, 0.1) is 5.92 Å². The van der Waals surface area contributed by atoms with Gasteiger partial charge in [0.15, 0.2) is 0 Å². The van der Waals surface area contributed by atoms with Crippen LogP contribution < -0.4 is 10.2 Å². The number of anilines is 1. The van der Waals surface area contributed by atoms with Crippen molar-refractivity contribution in [1.29, 1.82) is 0 Å². The van der Waals surface area contributed by atoms with E-state index in [4.69, 9.17) is 0 Å². The molecule has 0 aromatic heterocycles. The van der Waals surface area contributed by atoms with E-state index in [1.54, 1.807) is 0 Å². The van der Waals surface area contributed by atoms with E-state index in [1.807, 2.05) is 53.4 Å². The number of fused-ring (bicyclic) bond motifs is 2. The molecule has 130 valence electrons. The van der Waals surface area contributed by atoms with Crippen LogP contribution >= 0.6 is 0 Å². The molecule has 2 heterocycles. The third-order valence-corrected chi connectivity index (χ3v) is 5.59. The molecule has 2 unspecified atom stereocenters. The molecule has 25 heavy (non-hydrogen) atoms. The van der Waals surface area contributed by atoms with Gasteiger partial charge in [0, 0.05) is 24.2 Å². The number of hydrogen-bond donors (Lipinski definition) is 1. The van der Waals surface area contributed by atoms with Crippen LogP contribution in [0.5, 0.6) is 0 Å². The highest BCUT2D eigenvalue weighted by molar-refractivity contribution is 5.93. The Morgan fingerprint density at radius 3 is 2.16 bits per heavy atom. The Balaban J connectivity index is 1.50. The van der Waals surface area contributed by atoms with Gasteiger partial charge in [-0.3, -0.25) is 4.79 Å². The Kier molecular flexibility index (Phi) is 4.84. The normalized spacial score (nSPS) is 24.9. The summed E-state index contributed by atoms with van der Waals surface area (Å²) in [5.41, 5.74) is 2.17. The zero-order valence-corrected chi connectivity index (χ0v) is 14.6. The molecule has 0 spiro atoms. The molecule has 0 saturated carbocycles. The summed E-state index contributed by atoms with van der Waals surface area (Å²) in [7, 11) is 0. The molecule has 3 heteroatoms. The largest absolute Gasteiger partial charge is 0.311 e. The van der Waals surface area contributed by atoms with E-state index in [2.05, 4.69) is 17.4 Å². The lowest BCUT2D eigenvalue weighted by atomic mass is 9.89. The van der Waals surface area contributed by atoms with Crippen molar-refractivity contribution in [3.05, 3.63) is 66.2 Å². The maximum Gasteiger partial charge on any atom is 0.227 e. The van der Waals surface area contributed by atoms with Crippen LogP contribution in [0.4, 0.5) is 5.69 Å². The van der Waals surface area contributed by atoms with Crippen LogP contribution in [0.15, 0.2) is 60.7 Å². The highest BCUT2D eigenvalue weighted by Crippen LogP contribution is 2.33. The van der Waals surface area contributed by atoms with Crippen molar-refractivity contribution < 1.29 is 4.79 Å². The third-order valence-electron chi connectivity index (χ3n) is 5.59. The van der Waals surface area contributed by atoms with E-state index >= 15 is 0 Å². The second-order valence-electron chi connectivity index (χ2n) is 7.48. The fourth-order valence-electron chi connectivity index (χ4n) is 4.40. The number of carbonyl (C=O) groups excluding carboxylic acids is 1. The van der Waals surface area contributed by atoms with E-state index in [0.717, 1.165) is 18.5 Å². The topological polar surface area (TPSA) is 32.3 Å². The van der Waals surface area contributed by atoms with Gasteiger partial charge in [0.1, 0.15) is 0 Å². The average molecular weight is 334 g/mol. The number of benzene rings is 2. The van der Waals surface area contributed by atoms with Crippen LogP contribution in [0.2, 0.25) is 0 Å². The summed E-state index contributed by atoms with van der Waals surface area (Å²) in [5.74, 6) is 0.773. The first kappa shape index (κ1) is 16.3. The lowest BCUT2D eigenvalue weighted by molar-refractivity contribution is -0.119. The monoisotopic (exact) mass is 334 g/mol. The molecule has 4 rings (SSSR count). The van der Waals surface area contributed by atoms with Crippen molar-refractivity contribution >= 4 is 11.6 Å². The molecule has 2 aromatic rings. The van der Waals surface area contributed by atoms with Gasteiger partial charge in [-0.05, 0) is 49.3 Å². The van der Waals surface area contributed by atoms with Crippen LogP contribution in [0.1, 0.15) is 37.7 Å². The molecule has 2 saturated heterocycles. The van der Waals surface area contributed by atoms with Crippen LogP contribution in [-0.4, -0.2) is 18.0 Å². The molecule has 0 radical (unpaired) electrons. The van der Waals surface area contributed by atoms with E-state index in [-0.39, 0.29) is 5.91 Å². The second kappa shape index (κ2) is 7.40. The second-order valence-corrected chi connectivity index (χ2v) is 7.48. The lowest BCUT2D eigenvalue weighted by Gasteiger charge is -2.31. The van der Waals surface area contributed by atoms with Crippen LogP contribution in [-0.2, 0) is 11.3 Å². The lowest BCUT2D eigenvalue weighted by Crippen LogP contribution is -2.40. The highest BCUT2D eigenvalue weighted by atomic mass is 16.2. The number of carbonyl (C=O) groups is 1. The van der Waals surface area contributed by atoms with Gasteiger partial charge in [-0.25, -0.2) is 0 Å². The summed E-state index contributed by atoms with van der Waals surface area (Å²) < 4.78 is 0. The molecular weight excluding hydrogens is 308 g/mol. The Morgan fingerprint density at radius 1 is 0.920 bits per heavy atom. The number of nitrogens with one attached hydrogen (secondary N) is 1. The maximum atomic E-state index is 13.2. The van der Waals surface area contributed by atoms with Crippen LogP contribution in [0.25, 0.3) is 0 Å². The summed E-state index contributed by atoms with van der Waals surface area (Å²) >= 11 is 0. The van der Waals surface area contributed by atoms with Gasteiger partial charge in [-0.2, -0.15) is 0 Å². The van der Waals surface area contributed by atoms with Gasteiger partial charge >= 0.3 is 0 Å². The summed E-state index contributed by atoms with van der Waals surface area (Å²) in [6, 6.07) is 21.6. The SMILES string of the molecule is O=C(CC1CC2CCC(C1)N2)N(Cc1ccccc1)c1ccccc1. The molecule has 3 nitrogen and oxygen atoms in total. The zero-order valence-electron chi connectivity index (χ0n) is 14.6. The van der Waals surface area contributed by atoms with E-state index in [0.29, 0.717) is 31.0 Å². The van der Waals surface area contributed by atoms with E-state index in [9.17, 15) is 4.79 Å². The van der Waals surface area contributed by atoms with Crippen molar-refractivity contribution in [2.75, 3.05) is 4.90 Å². The summed E-state index contributed by atoms with van der Waals surface area (Å²) in [5, 5.41) is 3.67. The maximum absolute atomic E-state index is 13.2. The summed E-state index contributed by atoms with van der Waals surface area (Å²) in [6.45, 7) is 0.640. The van der Waals surface area contributed by atoms with Gasteiger partial charge < -0.3 is 10.2 Å². The minimum absolute atomic E-state index is 0.251. The van der Waals surface area contributed by atoms with Gasteiger partial charge in [0.2, 0.25) is 5.91 Å². The predicted molar refractivity (Wildman–Crippen MR) is 101 cm³/mol. The van der Waals surface area contributed by atoms with Crippen molar-refractivity contribution in [1.82, 2.24) is 5.32 Å². The number of para-hydroxylation sites is 1. The molecule has 2 aliphatic heterocycles. The molecule has 2 bridgehead atoms. The molecule has 0 aliphatic carbocycles. The Bertz CT molecular complexity index is 688. The summed E-state index contributed by atoms with van der Waals surface area (Å²) in [4.78, 5) is 15.1. The van der Waals surface area contributed by atoms with E-state index in [1.165, 1.54) is 18.4 Å². The van der Waals surface area contributed by atoms with Crippen molar-refractivity contribution in [3.8, 4) is 0 Å². The first-order chi connectivity index (χ1) is 12.3. The zero-order chi connectivity index (χ0) is 17.1. The Morgan fingerprint density at radius 2 is 1.52 bits per heavy atom. The predicted octanol–water partition coefficient (Wildman–Crippen LogP) is 4.14.